The molecular formula is C8H11ClN2O4S. The van der Waals surface area contributed by atoms with E-state index in [0.717, 1.165) is 10.9 Å². The number of halogens is 1. The van der Waals surface area contributed by atoms with Crippen LogP contribution in [0.15, 0.2) is 6.20 Å². The van der Waals surface area contributed by atoms with Crippen LogP contribution in [0.25, 0.3) is 0 Å². The summed E-state index contributed by atoms with van der Waals surface area (Å²) in [7, 11) is -3.23. The molecule has 0 amide bonds. The molecule has 1 aromatic rings. The molecule has 0 aliphatic rings. The number of rotatable bonds is 4. The van der Waals surface area contributed by atoms with Gasteiger partial charge in [0.15, 0.2) is 15.0 Å². The Hall–Kier alpha value is -1.08. The van der Waals surface area contributed by atoms with E-state index in [9.17, 15) is 13.2 Å². The topological polar surface area (TPSA) is 78.3 Å². The van der Waals surface area contributed by atoms with Crippen molar-refractivity contribution in [2.75, 3.05) is 12.9 Å². The van der Waals surface area contributed by atoms with Gasteiger partial charge in [-0.25, -0.2) is 13.2 Å². The predicted octanol–water partition coefficient (Wildman–Crippen LogP) is 0.715. The molecule has 0 aliphatic heterocycles. The first kappa shape index (κ1) is 13.0. The van der Waals surface area contributed by atoms with Gasteiger partial charge in [-0.15, -0.1) is 0 Å². The van der Waals surface area contributed by atoms with Crippen molar-refractivity contribution in [1.82, 2.24) is 9.78 Å². The molecule has 0 saturated carbocycles. The lowest BCUT2D eigenvalue weighted by Crippen LogP contribution is -2.09. The summed E-state index contributed by atoms with van der Waals surface area (Å²) in [6.07, 6.45) is 2.31. The first-order valence-electron chi connectivity index (χ1n) is 4.41. The quantitative estimate of drug-likeness (QED) is 0.750. The van der Waals surface area contributed by atoms with E-state index in [1.807, 2.05) is 0 Å². The molecule has 0 N–H and O–H groups in total. The fraction of sp³-hybridized carbons (Fsp3) is 0.500. The highest BCUT2D eigenvalue weighted by atomic mass is 35.5. The van der Waals surface area contributed by atoms with Crippen LogP contribution in [-0.2, 0) is 20.5 Å². The Morgan fingerprint density at radius 2 is 2.25 bits per heavy atom. The minimum absolute atomic E-state index is 0.0622. The number of esters is 1. The van der Waals surface area contributed by atoms with Gasteiger partial charge in [-0.05, 0) is 6.92 Å². The predicted molar refractivity (Wildman–Crippen MR) is 58.0 cm³/mol. The standard InChI is InChI=1S/C8H11ClN2O4S/c1-3-15-8(12)6-4-11(10-7(6)9)5-16(2,13)14/h4H,3,5H2,1-2H3. The lowest BCUT2D eigenvalue weighted by atomic mass is 10.4. The average Bonchev–Trinajstić information content (AvgIpc) is 2.44. The number of carbonyl (C=O) groups excluding carboxylic acids is 1. The van der Waals surface area contributed by atoms with Crippen molar-refractivity contribution in [2.24, 2.45) is 0 Å². The van der Waals surface area contributed by atoms with Gasteiger partial charge in [0.05, 0.1) is 6.61 Å². The monoisotopic (exact) mass is 266 g/mol. The normalized spacial score (nSPS) is 11.4. The summed E-state index contributed by atoms with van der Waals surface area (Å²) in [5, 5.41) is 3.63. The first-order chi connectivity index (χ1) is 7.33. The Kier molecular flexibility index (Phi) is 3.93. The van der Waals surface area contributed by atoms with Crippen molar-refractivity contribution in [2.45, 2.75) is 12.8 Å². The van der Waals surface area contributed by atoms with Crippen molar-refractivity contribution >= 4 is 27.4 Å². The fourth-order valence-electron chi connectivity index (χ4n) is 1.05. The molecule has 16 heavy (non-hydrogen) atoms. The molecular weight excluding hydrogens is 256 g/mol. The first-order valence-corrected chi connectivity index (χ1v) is 6.85. The van der Waals surface area contributed by atoms with Crippen molar-refractivity contribution in [3.8, 4) is 0 Å². The van der Waals surface area contributed by atoms with Crippen molar-refractivity contribution in [3.05, 3.63) is 16.9 Å². The lowest BCUT2D eigenvalue weighted by molar-refractivity contribution is 0.0526. The number of aromatic nitrogens is 2. The van der Waals surface area contributed by atoms with Crippen LogP contribution in [-0.4, -0.2) is 37.0 Å². The second-order valence-corrected chi connectivity index (χ2v) is 5.62. The zero-order valence-electron chi connectivity index (χ0n) is 8.81. The van der Waals surface area contributed by atoms with E-state index in [0.29, 0.717) is 0 Å². The van der Waals surface area contributed by atoms with Gasteiger partial charge in [0, 0.05) is 12.5 Å². The van der Waals surface area contributed by atoms with Gasteiger partial charge in [0.2, 0.25) is 0 Å². The summed E-state index contributed by atoms with van der Waals surface area (Å²) in [5.41, 5.74) is 0.0622. The highest BCUT2D eigenvalue weighted by Crippen LogP contribution is 2.14. The maximum Gasteiger partial charge on any atom is 0.342 e. The molecule has 1 rings (SSSR count). The van der Waals surface area contributed by atoms with Gasteiger partial charge < -0.3 is 4.74 Å². The van der Waals surface area contributed by atoms with Crippen LogP contribution >= 0.6 is 11.6 Å². The Morgan fingerprint density at radius 3 is 2.75 bits per heavy atom. The number of carbonyl (C=O) groups is 1. The molecule has 0 spiro atoms. The summed E-state index contributed by atoms with van der Waals surface area (Å²) < 4.78 is 27.8. The molecule has 0 bridgehead atoms. The molecule has 1 aromatic heterocycles. The Balaban J connectivity index is 2.94. The number of ether oxygens (including phenoxy) is 1. The van der Waals surface area contributed by atoms with E-state index < -0.39 is 15.8 Å². The maximum absolute atomic E-state index is 11.3. The van der Waals surface area contributed by atoms with Crippen LogP contribution < -0.4 is 0 Å². The lowest BCUT2D eigenvalue weighted by Gasteiger charge is -1.98. The van der Waals surface area contributed by atoms with E-state index >= 15 is 0 Å². The molecule has 0 unspecified atom stereocenters. The summed E-state index contributed by atoms with van der Waals surface area (Å²) in [6.45, 7) is 1.87. The van der Waals surface area contributed by atoms with Crippen LogP contribution in [0.5, 0.6) is 0 Å². The number of hydrogen-bond donors (Lipinski definition) is 0. The molecule has 0 radical (unpaired) electrons. The Morgan fingerprint density at radius 1 is 1.62 bits per heavy atom. The van der Waals surface area contributed by atoms with E-state index in [4.69, 9.17) is 16.3 Å². The maximum atomic E-state index is 11.3. The zero-order valence-corrected chi connectivity index (χ0v) is 10.4. The van der Waals surface area contributed by atoms with Gasteiger partial charge in [-0.3, -0.25) is 4.68 Å². The van der Waals surface area contributed by atoms with E-state index in [-0.39, 0.29) is 23.2 Å². The second kappa shape index (κ2) is 4.84. The van der Waals surface area contributed by atoms with Crippen LogP contribution in [0.1, 0.15) is 17.3 Å². The summed E-state index contributed by atoms with van der Waals surface area (Å²) in [5.74, 6) is -0.946. The van der Waals surface area contributed by atoms with Gasteiger partial charge in [-0.1, -0.05) is 11.6 Å². The van der Waals surface area contributed by atoms with Gasteiger partial charge in [0.1, 0.15) is 11.4 Å². The molecule has 0 fully saturated rings. The summed E-state index contributed by atoms with van der Waals surface area (Å²) in [4.78, 5) is 11.3. The number of nitrogens with zero attached hydrogens (tertiary/aromatic N) is 2. The third kappa shape index (κ3) is 3.49. The van der Waals surface area contributed by atoms with E-state index in [1.54, 1.807) is 6.92 Å². The van der Waals surface area contributed by atoms with Crippen molar-refractivity contribution in [1.29, 1.82) is 0 Å². The molecule has 8 heteroatoms. The third-order valence-corrected chi connectivity index (χ3v) is 2.59. The summed E-state index contributed by atoms with van der Waals surface area (Å²) >= 11 is 5.68. The SMILES string of the molecule is CCOC(=O)c1cn(CS(C)(=O)=O)nc1Cl. The molecule has 90 valence electrons. The van der Waals surface area contributed by atoms with Gasteiger partial charge in [-0.2, -0.15) is 5.10 Å². The zero-order chi connectivity index (χ0) is 12.3. The van der Waals surface area contributed by atoms with Gasteiger partial charge in [0.25, 0.3) is 0 Å². The van der Waals surface area contributed by atoms with Crippen LogP contribution in [0.2, 0.25) is 5.15 Å². The largest absolute Gasteiger partial charge is 0.462 e. The molecule has 0 aliphatic carbocycles. The highest BCUT2D eigenvalue weighted by Gasteiger charge is 2.17. The highest BCUT2D eigenvalue weighted by molar-refractivity contribution is 7.89. The molecule has 0 aromatic carbocycles. The van der Waals surface area contributed by atoms with E-state index in [2.05, 4.69) is 5.10 Å². The van der Waals surface area contributed by atoms with Crippen molar-refractivity contribution < 1.29 is 17.9 Å². The van der Waals surface area contributed by atoms with Gasteiger partial charge >= 0.3 is 5.97 Å². The molecule has 0 saturated heterocycles. The van der Waals surface area contributed by atoms with E-state index in [1.165, 1.54) is 6.20 Å². The minimum Gasteiger partial charge on any atom is -0.462 e. The molecule has 6 nitrogen and oxygen atoms in total. The minimum atomic E-state index is -3.23. The Labute approximate surface area is 98.1 Å². The molecule has 1 heterocycles. The summed E-state index contributed by atoms with van der Waals surface area (Å²) in [6, 6.07) is 0. The number of hydrogen-bond acceptors (Lipinski definition) is 5. The average molecular weight is 267 g/mol. The Bertz CT molecular complexity index is 494. The van der Waals surface area contributed by atoms with Crippen molar-refractivity contribution in [3.63, 3.8) is 0 Å². The second-order valence-electron chi connectivity index (χ2n) is 3.15. The third-order valence-electron chi connectivity index (χ3n) is 1.58. The number of sulfone groups is 1. The van der Waals surface area contributed by atoms with Crippen LogP contribution in [0, 0.1) is 0 Å². The smallest absolute Gasteiger partial charge is 0.342 e. The molecule has 0 atom stereocenters. The van der Waals surface area contributed by atoms with Crippen LogP contribution in [0.3, 0.4) is 0 Å². The fourth-order valence-corrected chi connectivity index (χ4v) is 1.89. The van der Waals surface area contributed by atoms with Crippen LogP contribution in [0.4, 0.5) is 0 Å².